The van der Waals surface area contributed by atoms with E-state index < -0.39 is 0 Å². The molecule has 0 heterocycles. The Morgan fingerprint density at radius 2 is 1.90 bits per heavy atom. The summed E-state index contributed by atoms with van der Waals surface area (Å²) in [5.74, 6) is 3.67. The van der Waals surface area contributed by atoms with Crippen LogP contribution in [0.25, 0.3) is 0 Å². The minimum atomic E-state index is 0.871. The number of aryl methyl sites for hydroxylation is 1. The monoisotopic (exact) mass is 289 g/mol. The van der Waals surface area contributed by atoms with Crippen molar-refractivity contribution in [3.8, 4) is 5.75 Å². The van der Waals surface area contributed by atoms with Crippen molar-refractivity contribution in [2.24, 2.45) is 17.8 Å². The van der Waals surface area contributed by atoms with Crippen LogP contribution in [0.5, 0.6) is 5.75 Å². The molecular weight excluding hydrogens is 258 g/mol. The fraction of sp³-hybridized carbons (Fsp3) is 0.684. The molecule has 2 heteroatoms. The van der Waals surface area contributed by atoms with Crippen LogP contribution < -0.4 is 10.1 Å². The number of hydrogen-bond acceptors (Lipinski definition) is 2. The van der Waals surface area contributed by atoms with E-state index in [0.29, 0.717) is 0 Å². The van der Waals surface area contributed by atoms with Crippen LogP contribution in [0.15, 0.2) is 24.3 Å². The fourth-order valence-electron chi connectivity index (χ4n) is 3.82. The normalized spacial score (nSPS) is 25.8. The second-order valence-electron chi connectivity index (χ2n) is 6.55. The number of methoxy groups -OCH3 is 1. The first-order chi connectivity index (χ1) is 10.3. The van der Waals surface area contributed by atoms with Crippen molar-refractivity contribution in [1.82, 2.24) is 5.32 Å². The van der Waals surface area contributed by atoms with E-state index in [9.17, 15) is 0 Å². The van der Waals surface area contributed by atoms with Gasteiger partial charge in [0.15, 0.2) is 0 Å². The van der Waals surface area contributed by atoms with Crippen molar-refractivity contribution in [3.63, 3.8) is 0 Å². The summed E-state index contributed by atoms with van der Waals surface area (Å²) in [6, 6.07) is 8.59. The van der Waals surface area contributed by atoms with Crippen LogP contribution in [0.1, 0.15) is 44.6 Å². The van der Waals surface area contributed by atoms with E-state index in [0.717, 1.165) is 23.5 Å². The average molecular weight is 289 g/mol. The summed E-state index contributed by atoms with van der Waals surface area (Å²) >= 11 is 0. The van der Waals surface area contributed by atoms with E-state index in [1.165, 1.54) is 50.6 Å². The molecule has 1 fully saturated rings. The first kappa shape index (κ1) is 16.4. The minimum absolute atomic E-state index is 0.871. The standard InChI is InChI=1S/C19H31NO/c1-4-15-5-10-18(14-20-2)17(13-15)9-6-16-7-11-19(21-3)12-8-16/h7-8,11-12,15,17-18,20H,4-6,9-10,13-14H2,1-3H3. The largest absolute Gasteiger partial charge is 0.497 e. The lowest BCUT2D eigenvalue weighted by atomic mass is 9.71. The molecule has 0 aliphatic heterocycles. The summed E-state index contributed by atoms with van der Waals surface area (Å²) in [7, 11) is 3.82. The molecule has 0 saturated heterocycles. The molecule has 1 aliphatic carbocycles. The lowest BCUT2D eigenvalue weighted by Crippen LogP contribution is -2.32. The third kappa shape index (κ3) is 4.74. The maximum atomic E-state index is 5.23. The average Bonchev–Trinajstić information content (AvgIpc) is 2.54. The second kappa shape index (κ2) is 8.43. The highest BCUT2D eigenvalue weighted by Crippen LogP contribution is 2.37. The van der Waals surface area contributed by atoms with E-state index in [2.05, 4.69) is 43.6 Å². The zero-order chi connectivity index (χ0) is 15.1. The van der Waals surface area contributed by atoms with Gasteiger partial charge < -0.3 is 10.1 Å². The van der Waals surface area contributed by atoms with Gasteiger partial charge in [-0.05, 0) is 74.7 Å². The van der Waals surface area contributed by atoms with Crippen molar-refractivity contribution in [1.29, 1.82) is 0 Å². The van der Waals surface area contributed by atoms with Crippen molar-refractivity contribution < 1.29 is 4.74 Å². The fourth-order valence-corrected chi connectivity index (χ4v) is 3.82. The zero-order valence-corrected chi connectivity index (χ0v) is 13.9. The smallest absolute Gasteiger partial charge is 0.118 e. The van der Waals surface area contributed by atoms with Crippen LogP contribution >= 0.6 is 0 Å². The van der Waals surface area contributed by atoms with Crippen LogP contribution in [0.3, 0.4) is 0 Å². The number of hydrogen-bond donors (Lipinski definition) is 1. The molecule has 1 saturated carbocycles. The predicted molar refractivity (Wildman–Crippen MR) is 89.9 cm³/mol. The molecule has 0 bridgehead atoms. The lowest BCUT2D eigenvalue weighted by molar-refractivity contribution is 0.165. The zero-order valence-electron chi connectivity index (χ0n) is 13.9. The molecular formula is C19H31NO. The Morgan fingerprint density at radius 3 is 2.52 bits per heavy atom. The first-order valence-electron chi connectivity index (χ1n) is 8.54. The summed E-state index contributed by atoms with van der Waals surface area (Å²) < 4.78 is 5.23. The molecule has 1 aromatic rings. The van der Waals surface area contributed by atoms with Gasteiger partial charge in [0.1, 0.15) is 5.75 Å². The highest BCUT2D eigenvalue weighted by atomic mass is 16.5. The molecule has 1 aliphatic rings. The van der Waals surface area contributed by atoms with Crippen molar-refractivity contribution >= 4 is 0 Å². The summed E-state index contributed by atoms with van der Waals surface area (Å²) in [4.78, 5) is 0. The Labute approximate surface area is 130 Å². The van der Waals surface area contributed by atoms with E-state index in [-0.39, 0.29) is 0 Å². The molecule has 2 rings (SSSR count). The van der Waals surface area contributed by atoms with Crippen molar-refractivity contribution in [3.05, 3.63) is 29.8 Å². The highest BCUT2D eigenvalue weighted by molar-refractivity contribution is 5.27. The quantitative estimate of drug-likeness (QED) is 0.808. The number of rotatable bonds is 7. The molecule has 21 heavy (non-hydrogen) atoms. The number of nitrogens with one attached hydrogen (secondary N) is 1. The molecule has 0 radical (unpaired) electrons. The topological polar surface area (TPSA) is 21.3 Å². The van der Waals surface area contributed by atoms with E-state index >= 15 is 0 Å². The van der Waals surface area contributed by atoms with Gasteiger partial charge in [0.05, 0.1) is 7.11 Å². The van der Waals surface area contributed by atoms with E-state index in [4.69, 9.17) is 4.74 Å². The van der Waals surface area contributed by atoms with Gasteiger partial charge >= 0.3 is 0 Å². The Kier molecular flexibility index (Phi) is 6.56. The van der Waals surface area contributed by atoms with Gasteiger partial charge in [-0.25, -0.2) is 0 Å². The summed E-state index contributed by atoms with van der Waals surface area (Å²) in [5.41, 5.74) is 1.44. The minimum Gasteiger partial charge on any atom is -0.497 e. The third-order valence-electron chi connectivity index (χ3n) is 5.25. The summed E-state index contributed by atoms with van der Waals surface area (Å²) in [5, 5.41) is 3.40. The Bertz CT molecular complexity index is 401. The Morgan fingerprint density at radius 1 is 1.14 bits per heavy atom. The molecule has 1 N–H and O–H groups in total. The van der Waals surface area contributed by atoms with Gasteiger partial charge in [0.25, 0.3) is 0 Å². The molecule has 0 aromatic heterocycles. The molecule has 0 amide bonds. The lowest BCUT2D eigenvalue weighted by Gasteiger charge is -2.36. The van der Waals surface area contributed by atoms with Gasteiger partial charge in [-0.2, -0.15) is 0 Å². The van der Waals surface area contributed by atoms with Crippen molar-refractivity contribution in [2.45, 2.75) is 45.4 Å². The molecule has 1 aromatic carbocycles. The van der Waals surface area contributed by atoms with Gasteiger partial charge in [-0.3, -0.25) is 0 Å². The number of ether oxygens (including phenoxy) is 1. The molecule has 0 spiro atoms. The predicted octanol–water partition coefficient (Wildman–Crippen LogP) is 4.29. The summed E-state index contributed by atoms with van der Waals surface area (Å²) in [6.07, 6.45) is 8.15. The van der Waals surface area contributed by atoms with Gasteiger partial charge in [0, 0.05) is 0 Å². The van der Waals surface area contributed by atoms with Crippen LogP contribution in [-0.2, 0) is 6.42 Å². The van der Waals surface area contributed by atoms with E-state index in [1.54, 1.807) is 7.11 Å². The first-order valence-corrected chi connectivity index (χ1v) is 8.54. The summed E-state index contributed by atoms with van der Waals surface area (Å²) in [6.45, 7) is 3.54. The molecule has 3 atom stereocenters. The number of benzene rings is 1. The SMILES string of the molecule is CCC1CCC(CNC)C(CCc2ccc(OC)cc2)C1. The third-order valence-corrected chi connectivity index (χ3v) is 5.25. The van der Waals surface area contributed by atoms with Gasteiger partial charge in [-0.1, -0.05) is 31.9 Å². The van der Waals surface area contributed by atoms with Gasteiger partial charge in [0.2, 0.25) is 0 Å². The van der Waals surface area contributed by atoms with E-state index in [1.807, 2.05) is 0 Å². The van der Waals surface area contributed by atoms with Crippen molar-refractivity contribution in [2.75, 3.05) is 20.7 Å². The van der Waals surface area contributed by atoms with Crippen LogP contribution in [0, 0.1) is 17.8 Å². The second-order valence-corrected chi connectivity index (χ2v) is 6.55. The van der Waals surface area contributed by atoms with Crippen LogP contribution in [0.4, 0.5) is 0 Å². The Hall–Kier alpha value is -1.02. The molecule has 118 valence electrons. The maximum absolute atomic E-state index is 5.23. The molecule has 3 unspecified atom stereocenters. The maximum Gasteiger partial charge on any atom is 0.118 e. The molecule has 2 nitrogen and oxygen atoms in total. The van der Waals surface area contributed by atoms with Crippen LogP contribution in [0.2, 0.25) is 0 Å². The highest BCUT2D eigenvalue weighted by Gasteiger charge is 2.28. The Balaban J connectivity index is 1.90. The van der Waals surface area contributed by atoms with Gasteiger partial charge in [-0.15, -0.1) is 0 Å². The van der Waals surface area contributed by atoms with Crippen LogP contribution in [-0.4, -0.2) is 20.7 Å².